The number of para-hydroxylation sites is 1. The Balaban J connectivity index is 1.58. The molecular weight excluding hydrogens is 372 g/mol. The fourth-order valence-electron chi connectivity index (χ4n) is 4.47. The van der Waals surface area contributed by atoms with Gasteiger partial charge >= 0.3 is 0 Å². The molecule has 6 heteroatoms. The first kappa shape index (κ1) is 19.2. The molecule has 0 spiro atoms. The van der Waals surface area contributed by atoms with E-state index in [1.165, 1.54) is 11.1 Å². The summed E-state index contributed by atoms with van der Waals surface area (Å²) in [6.07, 6.45) is 3.21. The van der Waals surface area contributed by atoms with Gasteiger partial charge in [-0.15, -0.1) is 10.2 Å². The first-order chi connectivity index (χ1) is 14.5. The number of pyridine rings is 2. The van der Waals surface area contributed by atoms with Crippen LogP contribution in [-0.4, -0.2) is 43.6 Å². The van der Waals surface area contributed by atoms with Gasteiger partial charge in [0.2, 0.25) is 0 Å². The Kier molecular flexibility index (Phi) is 4.76. The normalized spacial score (nSPS) is 18.6. The lowest BCUT2D eigenvalue weighted by molar-refractivity contribution is 0.259. The second kappa shape index (κ2) is 7.45. The van der Waals surface area contributed by atoms with E-state index in [2.05, 4.69) is 76.8 Å². The number of nitrogens with two attached hydrogens (primary N) is 1. The second-order valence-electron chi connectivity index (χ2n) is 8.70. The smallest absolute Gasteiger partial charge is 0.187 e. The molecule has 6 nitrogen and oxygen atoms in total. The highest BCUT2D eigenvalue weighted by atomic mass is 15.3. The maximum atomic E-state index is 6.12. The van der Waals surface area contributed by atoms with E-state index < -0.39 is 0 Å². The first-order valence-electron chi connectivity index (χ1n) is 10.8. The molecule has 0 unspecified atom stereocenters. The molecule has 1 aliphatic heterocycles. The summed E-state index contributed by atoms with van der Waals surface area (Å²) in [5.74, 6) is 1.18. The molecule has 1 aromatic carbocycles. The summed E-state index contributed by atoms with van der Waals surface area (Å²) in [6.45, 7) is 8.63. The molecule has 0 saturated carbocycles. The van der Waals surface area contributed by atoms with E-state index in [0.717, 1.165) is 47.6 Å². The van der Waals surface area contributed by atoms with Crippen molar-refractivity contribution < 1.29 is 0 Å². The Morgan fingerprint density at radius 3 is 2.67 bits per heavy atom. The molecule has 0 aliphatic carbocycles. The lowest BCUT2D eigenvalue weighted by Gasteiger charge is -2.24. The van der Waals surface area contributed by atoms with E-state index in [-0.39, 0.29) is 6.04 Å². The minimum atomic E-state index is 0.276. The molecule has 2 N–H and O–H groups in total. The summed E-state index contributed by atoms with van der Waals surface area (Å²) in [5.41, 5.74) is 11.3. The van der Waals surface area contributed by atoms with Crippen LogP contribution < -0.4 is 5.73 Å². The van der Waals surface area contributed by atoms with E-state index in [1.807, 2.05) is 12.1 Å². The average Bonchev–Trinajstić information content (AvgIpc) is 3.38. The van der Waals surface area contributed by atoms with Crippen molar-refractivity contribution >= 4 is 16.6 Å². The Labute approximate surface area is 176 Å². The van der Waals surface area contributed by atoms with Crippen LogP contribution in [0.15, 0.2) is 48.7 Å². The fourth-order valence-corrected chi connectivity index (χ4v) is 4.47. The van der Waals surface area contributed by atoms with E-state index in [1.54, 1.807) is 0 Å². The van der Waals surface area contributed by atoms with Gasteiger partial charge in [-0.2, -0.15) is 0 Å². The summed E-state index contributed by atoms with van der Waals surface area (Å²) in [4.78, 5) is 7.44. The van der Waals surface area contributed by atoms with Crippen LogP contribution in [0.3, 0.4) is 0 Å². The predicted octanol–water partition coefficient (Wildman–Crippen LogP) is 4.16. The highest BCUT2D eigenvalue weighted by molar-refractivity contribution is 5.84. The molecule has 3 aromatic heterocycles. The third kappa shape index (κ3) is 3.26. The number of rotatable bonds is 4. The molecular formula is C24H28N6. The zero-order valence-corrected chi connectivity index (χ0v) is 17.8. The maximum Gasteiger partial charge on any atom is 0.187 e. The molecule has 5 rings (SSSR count). The van der Waals surface area contributed by atoms with Gasteiger partial charge in [-0.05, 0) is 42.5 Å². The van der Waals surface area contributed by atoms with Crippen LogP contribution in [0.1, 0.15) is 50.3 Å². The van der Waals surface area contributed by atoms with E-state index in [9.17, 15) is 0 Å². The van der Waals surface area contributed by atoms with Crippen molar-refractivity contribution in [1.29, 1.82) is 0 Å². The zero-order chi connectivity index (χ0) is 20.8. The molecule has 1 aliphatic rings. The second-order valence-corrected chi connectivity index (χ2v) is 8.70. The van der Waals surface area contributed by atoms with E-state index in [4.69, 9.17) is 10.7 Å². The van der Waals surface area contributed by atoms with Gasteiger partial charge in [-0.3, -0.25) is 9.30 Å². The Morgan fingerprint density at radius 2 is 1.90 bits per heavy atom. The Hall–Kier alpha value is -2.83. The third-order valence-electron chi connectivity index (χ3n) is 6.31. The number of nitrogens with zero attached hydrogens (tertiary/aromatic N) is 5. The standard InChI is InChI=1S/C24H28N6/c1-15(2)20-6-4-5-17-7-9-21(26-23(17)20)24-28-27-22-10-8-18(13-30(22)24)16(3)29-12-11-19(25)14-29/h4-10,13,15-16,19H,11-12,14,25H2,1-3H3/t16-,19-/m0/s1. The van der Waals surface area contributed by atoms with Crippen LogP contribution in [0.5, 0.6) is 0 Å². The Morgan fingerprint density at radius 1 is 1.03 bits per heavy atom. The van der Waals surface area contributed by atoms with Crippen molar-refractivity contribution in [2.75, 3.05) is 13.1 Å². The number of likely N-dealkylation sites (tertiary alicyclic amines) is 1. The van der Waals surface area contributed by atoms with Crippen molar-refractivity contribution in [2.45, 2.75) is 45.2 Å². The highest BCUT2D eigenvalue weighted by Gasteiger charge is 2.25. The van der Waals surface area contributed by atoms with Crippen molar-refractivity contribution in [2.24, 2.45) is 5.73 Å². The van der Waals surface area contributed by atoms with Crippen molar-refractivity contribution in [3.8, 4) is 11.5 Å². The number of aromatic nitrogens is 4. The van der Waals surface area contributed by atoms with Gasteiger partial charge in [0.15, 0.2) is 11.5 Å². The lowest BCUT2D eigenvalue weighted by atomic mass is 9.99. The maximum absolute atomic E-state index is 6.12. The minimum absolute atomic E-state index is 0.276. The van der Waals surface area contributed by atoms with Gasteiger partial charge in [0, 0.05) is 36.8 Å². The molecule has 4 aromatic rings. The van der Waals surface area contributed by atoms with Crippen molar-refractivity contribution in [3.05, 3.63) is 59.8 Å². The van der Waals surface area contributed by atoms with Crippen LogP contribution in [0, 0.1) is 0 Å². The van der Waals surface area contributed by atoms with Gasteiger partial charge in [0.1, 0.15) is 5.69 Å². The number of hydrogen-bond acceptors (Lipinski definition) is 5. The quantitative estimate of drug-likeness (QED) is 0.557. The van der Waals surface area contributed by atoms with Gasteiger partial charge in [-0.1, -0.05) is 44.2 Å². The van der Waals surface area contributed by atoms with Gasteiger partial charge in [0.05, 0.1) is 5.52 Å². The molecule has 30 heavy (non-hydrogen) atoms. The Bertz CT molecular complexity index is 1210. The first-order valence-corrected chi connectivity index (χ1v) is 10.8. The van der Waals surface area contributed by atoms with Crippen LogP contribution in [0.2, 0.25) is 0 Å². The molecule has 0 amide bonds. The summed E-state index contributed by atoms with van der Waals surface area (Å²) in [6, 6.07) is 15.3. The molecule has 1 saturated heterocycles. The van der Waals surface area contributed by atoms with Gasteiger partial charge in [-0.25, -0.2) is 4.98 Å². The molecule has 1 fully saturated rings. The number of benzene rings is 1. The van der Waals surface area contributed by atoms with Crippen molar-refractivity contribution in [3.63, 3.8) is 0 Å². The van der Waals surface area contributed by atoms with Gasteiger partial charge < -0.3 is 5.73 Å². The van der Waals surface area contributed by atoms with Gasteiger partial charge in [0.25, 0.3) is 0 Å². The minimum Gasteiger partial charge on any atom is -0.326 e. The van der Waals surface area contributed by atoms with E-state index in [0.29, 0.717) is 12.0 Å². The van der Waals surface area contributed by atoms with Crippen LogP contribution in [0.4, 0.5) is 0 Å². The molecule has 154 valence electrons. The fraction of sp³-hybridized carbons (Fsp3) is 0.375. The monoisotopic (exact) mass is 400 g/mol. The molecule has 0 bridgehead atoms. The summed E-state index contributed by atoms with van der Waals surface area (Å²) in [5, 5.41) is 10.0. The van der Waals surface area contributed by atoms with Crippen LogP contribution >= 0.6 is 0 Å². The highest BCUT2D eigenvalue weighted by Crippen LogP contribution is 2.28. The number of hydrogen-bond donors (Lipinski definition) is 1. The topological polar surface area (TPSA) is 72.3 Å². The lowest BCUT2D eigenvalue weighted by Crippen LogP contribution is -2.28. The summed E-state index contributed by atoms with van der Waals surface area (Å²) < 4.78 is 2.06. The predicted molar refractivity (Wildman–Crippen MR) is 120 cm³/mol. The molecule has 0 radical (unpaired) electrons. The number of fused-ring (bicyclic) bond motifs is 2. The largest absolute Gasteiger partial charge is 0.326 e. The van der Waals surface area contributed by atoms with Crippen LogP contribution in [0.25, 0.3) is 28.1 Å². The molecule has 4 heterocycles. The SMILES string of the molecule is CC(C)c1cccc2ccc(-c3nnc4ccc([C@H](C)N5CC[C@H](N)C5)cn34)nc12. The third-order valence-corrected chi connectivity index (χ3v) is 6.31. The average molecular weight is 401 g/mol. The summed E-state index contributed by atoms with van der Waals surface area (Å²) >= 11 is 0. The van der Waals surface area contributed by atoms with Crippen LogP contribution in [-0.2, 0) is 0 Å². The molecule has 2 atom stereocenters. The zero-order valence-electron chi connectivity index (χ0n) is 17.8. The van der Waals surface area contributed by atoms with Crippen molar-refractivity contribution in [1.82, 2.24) is 24.5 Å². The van der Waals surface area contributed by atoms with E-state index >= 15 is 0 Å². The summed E-state index contributed by atoms with van der Waals surface area (Å²) in [7, 11) is 0.